The number of guanidine groups is 1. The molecular weight excluding hydrogens is 297 g/mol. The van der Waals surface area contributed by atoms with Crippen molar-refractivity contribution < 1.29 is 13.9 Å². The van der Waals surface area contributed by atoms with Crippen LogP contribution in [0.25, 0.3) is 0 Å². The van der Waals surface area contributed by atoms with E-state index in [0.717, 1.165) is 32.0 Å². The fraction of sp³-hybridized carbons (Fsp3) is 0.588. The molecule has 5 nitrogen and oxygen atoms in total. The summed E-state index contributed by atoms with van der Waals surface area (Å²) in [5, 5.41) is 6.42. The van der Waals surface area contributed by atoms with Crippen molar-refractivity contribution in [2.75, 3.05) is 40.0 Å². The largest absolute Gasteiger partial charge is 0.379 e. The molecule has 0 bridgehead atoms. The quantitative estimate of drug-likeness (QED) is 0.435. The molecule has 1 aromatic rings. The van der Waals surface area contributed by atoms with E-state index in [1.165, 1.54) is 6.07 Å². The van der Waals surface area contributed by atoms with Gasteiger partial charge in [0.05, 0.1) is 12.7 Å². The summed E-state index contributed by atoms with van der Waals surface area (Å²) in [7, 11) is 1.73. The van der Waals surface area contributed by atoms with Crippen LogP contribution in [0.1, 0.15) is 18.4 Å². The Hall–Kier alpha value is -1.66. The van der Waals surface area contributed by atoms with Gasteiger partial charge in [-0.15, -0.1) is 0 Å². The molecule has 0 saturated carbocycles. The molecule has 1 heterocycles. The van der Waals surface area contributed by atoms with E-state index in [2.05, 4.69) is 15.6 Å². The minimum absolute atomic E-state index is 0.162. The maximum absolute atomic E-state index is 13.5. The summed E-state index contributed by atoms with van der Waals surface area (Å²) >= 11 is 0. The van der Waals surface area contributed by atoms with Crippen LogP contribution in [0.2, 0.25) is 0 Å². The lowest BCUT2D eigenvalue weighted by molar-refractivity contribution is 0.0420. The van der Waals surface area contributed by atoms with Crippen LogP contribution in [0.4, 0.5) is 4.39 Å². The smallest absolute Gasteiger partial charge is 0.190 e. The first-order chi connectivity index (χ1) is 11.3. The van der Waals surface area contributed by atoms with Crippen LogP contribution in [0, 0.1) is 5.82 Å². The van der Waals surface area contributed by atoms with E-state index in [1.54, 1.807) is 19.2 Å². The Labute approximate surface area is 137 Å². The number of halogens is 1. The van der Waals surface area contributed by atoms with Gasteiger partial charge in [-0.3, -0.25) is 4.99 Å². The maximum Gasteiger partial charge on any atom is 0.190 e. The Bertz CT molecular complexity index is 490. The number of ether oxygens (including phenoxy) is 2. The number of hydrogen-bond donors (Lipinski definition) is 2. The highest BCUT2D eigenvalue weighted by atomic mass is 19.1. The van der Waals surface area contributed by atoms with E-state index in [0.29, 0.717) is 31.7 Å². The van der Waals surface area contributed by atoms with Gasteiger partial charge in [0.15, 0.2) is 5.96 Å². The number of rotatable bonds is 8. The molecule has 0 spiro atoms. The average molecular weight is 323 g/mol. The summed E-state index contributed by atoms with van der Waals surface area (Å²) < 4.78 is 24.5. The summed E-state index contributed by atoms with van der Waals surface area (Å²) in [6.45, 7) is 3.66. The van der Waals surface area contributed by atoms with Crippen LogP contribution in [0.3, 0.4) is 0 Å². The van der Waals surface area contributed by atoms with E-state index >= 15 is 0 Å². The van der Waals surface area contributed by atoms with Crippen molar-refractivity contribution in [1.82, 2.24) is 10.6 Å². The molecule has 0 aliphatic carbocycles. The lowest BCUT2D eigenvalue weighted by Gasteiger charge is -2.13. The summed E-state index contributed by atoms with van der Waals surface area (Å²) in [4.78, 5) is 4.16. The number of nitrogens with one attached hydrogen (secondary N) is 2. The molecule has 2 N–H and O–H groups in total. The molecule has 128 valence electrons. The minimum atomic E-state index is -0.162. The van der Waals surface area contributed by atoms with Gasteiger partial charge < -0.3 is 20.1 Å². The topological polar surface area (TPSA) is 54.9 Å². The monoisotopic (exact) mass is 323 g/mol. The summed E-state index contributed by atoms with van der Waals surface area (Å²) in [6, 6.07) is 6.84. The molecule has 1 fully saturated rings. The lowest BCUT2D eigenvalue weighted by atomic mass is 10.1. The second kappa shape index (κ2) is 10.2. The lowest BCUT2D eigenvalue weighted by Crippen LogP contribution is -2.39. The molecule has 1 saturated heterocycles. The van der Waals surface area contributed by atoms with Crippen LogP contribution >= 0.6 is 0 Å². The van der Waals surface area contributed by atoms with Gasteiger partial charge in [0, 0.05) is 33.4 Å². The van der Waals surface area contributed by atoms with Crippen molar-refractivity contribution in [2.45, 2.75) is 25.4 Å². The Kier molecular flexibility index (Phi) is 7.83. The predicted octanol–water partition coefficient (Wildman–Crippen LogP) is 1.73. The first-order valence-corrected chi connectivity index (χ1v) is 8.17. The predicted molar refractivity (Wildman–Crippen MR) is 89.3 cm³/mol. The molecule has 1 aliphatic heterocycles. The SMILES string of the molecule is CN=C(NCCCOC1CCOC1)NCCc1ccccc1F. The zero-order valence-electron chi connectivity index (χ0n) is 13.7. The molecular formula is C17H26FN3O2. The third kappa shape index (κ3) is 6.54. The standard InChI is InChI=1S/C17H26FN3O2/c1-19-17(20-9-4-11-23-15-8-12-22-13-15)21-10-7-14-5-2-3-6-16(14)18/h2-3,5-6,15H,4,7-13H2,1H3,(H2,19,20,21). The van der Waals surface area contributed by atoms with Gasteiger partial charge in [0.2, 0.25) is 0 Å². The van der Waals surface area contributed by atoms with Crippen LogP contribution in [0.15, 0.2) is 29.3 Å². The molecule has 0 amide bonds. The second-order valence-corrected chi connectivity index (χ2v) is 5.48. The number of hydrogen-bond acceptors (Lipinski definition) is 3. The number of nitrogens with zero attached hydrogens (tertiary/aromatic N) is 1. The molecule has 0 aromatic heterocycles. The van der Waals surface area contributed by atoms with Crippen LogP contribution in [-0.4, -0.2) is 52.0 Å². The van der Waals surface area contributed by atoms with Crippen molar-refractivity contribution >= 4 is 5.96 Å². The van der Waals surface area contributed by atoms with Crippen molar-refractivity contribution in [2.24, 2.45) is 4.99 Å². The van der Waals surface area contributed by atoms with E-state index in [1.807, 2.05) is 6.07 Å². The van der Waals surface area contributed by atoms with Crippen molar-refractivity contribution in [3.63, 3.8) is 0 Å². The van der Waals surface area contributed by atoms with Gasteiger partial charge in [0.1, 0.15) is 5.82 Å². The van der Waals surface area contributed by atoms with Gasteiger partial charge in [-0.2, -0.15) is 0 Å². The van der Waals surface area contributed by atoms with Gasteiger partial charge in [-0.25, -0.2) is 4.39 Å². The number of aliphatic imine (C=N–C) groups is 1. The van der Waals surface area contributed by atoms with Gasteiger partial charge in [-0.1, -0.05) is 18.2 Å². The van der Waals surface area contributed by atoms with Crippen LogP contribution in [0.5, 0.6) is 0 Å². The first-order valence-electron chi connectivity index (χ1n) is 8.17. The average Bonchev–Trinajstić information content (AvgIpc) is 3.08. The van der Waals surface area contributed by atoms with Crippen LogP contribution < -0.4 is 10.6 Å². The maximum atomic E-state index is 13.5. The second-order valence-electron chi connectivity index (χ2n) is 5.48. The Morgan fingerprint density at radius 2 is 2.17 bits per heavy atom. The fourth-order valence-electron chi connectivity index (χ4n) is 2.41. The highest BCUT2D eigenvalue weighted by molar-refractivity contribution is 5.79. The Morgan fingerprint density at radius 3 is 2.91 bits per heavy atom. The molecule has 2 rings (SSSR count). The highest BCUT2D eigenvalue weighted by Crippen LogP contribution is 2.08. The zero-order chi connectivity index (χ0) is 16.3. The summed E-state index contributed by atoms with van der Waals surface area (Å²) in [5.74, 6) is 0.566. The third-order valence-electron chi connectivity index (χ3n) is 3.72. The zero-order valence-corrected chi connectivity index (χ0v) is 13.7. The third-order valence-corrected chi connectivity index (χ3v) is 3.72. The van der Waals surface area contributed by atoms with Gasteiger partial charge in [-0.05, 0) is 30.9 Å². The molecule has 1 unspecified atom stereocenters. The Balaban J connectivity index is 1.55. The molecule has 6 heteroatoms. The van der Waals surface area contributed by atoms with Crippen molar-refractivity contribution in [3.05, 3.63) is 35.6 Å². The first kappa shape index (κ1) is 17.7. The molecule has 1 aliphatic rings. The molecule has 0 radical (unpaired) electrons. The van der Waals surface area contributed by atoms with E-state index in [9.17, 15) is 4.39 Å². The van der Waals surface area contributed by atoms with Gasteiger partial charge >= 0.3 is 0 Å². The normalized spacial score (nSPS) is 18.2. The van der Waals surface area contributed by atoms with E-state index in [-0.39, 0.29) is 11.9 Å². The van der Waals surface area contributed by atoms with Gasteiger partial charge in [0.25, 0.3) is 0 Å². The molecule has 1 aromatic carbocycles. The molecule has 23 heavy (non-hydrogen) atoms. The number of benzene rings is 1. The van der Waals surface area contributed by atoms with Crippen molar-refractivity contribution in [1.29, 1.82) is 0 Å². The molecule has 1 atom stereocenters. The van der Waals surface area contributed by atoms with E-state index in [4.69, 9.17) is 9.47 Å². The van der Waals surface area contributed by atoms with Crippen molar-refractivity contribution in [3.8, 4) is 0 Å². The highest BCUT2D eigenvalue weighted by Gasteiger charge is 2.15. The van der Waals surface area contributed by atoms with E-state index < -0.39 is 0 Å². The fourth-order valence-corrected chi connectivity index (χ4v) is 2.41. The summed E-state index contributed by atoms with van der Waals surface area (Å²) in [6.07, 6.45) is 2.78. The summed E-state index contributed by atoms with van der Waals surface area (Å²) in [5.41, 5.74) is 0.711. The minimum Gasteiger partial charge on any atom is -0.379 e. The van der Waals surface area contributed by atoms with Crippen LogP contribution in [-0.2, 0) is 15.9 Å². The Morgan fingerprint density at radius 1 is 1.35 bits per heavy atom.